The molecule has 2 aliphatic heterocycles. The van der Waals surface area contributed by atoms with Crippen LogP contribution in [0.1, 0.15) is 23.3 Å². The lowest BCUT2D eigenvalue weighted by molar-refractivity contribution is -0.0448. The molecule has 27 heavy (non-hydrogen) atoms. The zero-order valence-electron chi connectivity index (χ0n) is 15.4. The lowest BCUT2D eigenvalue weighted by atomic mass is 9.99. The molecule has 0 saturated carbocycles. The molecule has 0 amide bonds. The van der Waals surface area contributed by atoms with Gasteiger partial charge in [0.15, 0.2) is 11.6 Å². The van der Waals surface area contributed by atoms with Crippen molar-refractivity contribution in [3.8, 4) is 11.5 Å². The summed E-state index contributed by atoms with van der Waals surface area (Å²) in [6.07, 6.45) is -0.0330. The summed E-state index contributed by atoms with van der Waals surface area (Å²) in [4.78, 5) is 2.33. The van der Waals surface area contributed by atoms with E-state index in [0.717, 1.165) is 30.0 Å². The van der Waals surface area contributed by atoms with E-state index < -0.39 is 5.82 Å². The molecule has 2 unspecified atom stereocenters. The molecular weight excluding hydrogens is 349 g/mol. The topological polar surface area (TPSA) is 55.7 Å². The minimum absolute atomic E-state index is 0.0247. The highest BCUT2D eigenvalue weighted by molar-refractivity contribution is 5.53. The van der Waals surface area contributed by atoms with Crippen LogP contribution < -0.4 is 9.47 Å². The summed E-state index contributed by atoms with van der Waals surface area (Å²) in [5, 5.41) is 8.34. The Morgan fingerprint density at radius 1 is 1.15 bits per heavy atom. The van der Waals surface area contributed by atoms with Crippen LogP contribution >= 0.6 is 0 Å². The number of rotatable bonds is 4. The highest BCUT2D eigenvalue weighted by Gasteiger charge is 2.32. The number of benzene rings is 2. The Morgan fingerprint density at radius 2 is 1.96 bits per heavy atom. The van der Waals surface area contributed by atoms with Crippen molar-refractivity contribution >= 4 is 5.69 Å². The van der Waals surface area contributed by atoms with Crippen molar-refractivity contribution in [3.63, 3.8) is 0 Å². The van der Waals surface area contributed by atoms with Crippen LogP contribution in [0.4, 0.5) is 10.1 Å². The first-order chi connectivity index (χ1) is 13.2. The molecule has 0 bridgehead atoms. The normalized spacial score (nSPS) is 22.3. The SMILES string of the molecule is COc1ccc(C2CN(C3CN=Nc4cc(F)c(OC)cc43)CCO2)cc1. The third-order valence-corrected chi connectivity index (χ3v) is 5.12. The second kappa shape index (κ2) is 7.62. The first kappa shape index (κ1) is 17.9. The van der Waals surface area contributed by atoms with Gasteiger partial charge in [-0.2, -0.15) is 10.2 Å². The quantitative estimate of drug-likeness (QED) is 0.813. The van der Waals surface area contributed by atoms with Crippen LogP contribution in [0, 0.1) is 5.82 Å². The Hall–Kier alpha value is -2.51. The van der Waals surface area contributed by atoms with E-state index in [9.17, 15) is 4.39 Å². The molecule has 142 valence electrons. The number of halogens is 1. The van der Waals surface area contributed by atoms with Gasteiger partial charge in [0.05, 0.1) is 45.2 Å². The van der Waals surface area contributed by atoms with Crippen molar-refractivity contribution in [2.24, 2.45) is 10.2 Å². The van der Waals surface area contributed by atoms with Gasteiger partial charge in [0.2, 0.25) is 0 Å². The lowest BCUT2D eigenvalue weighted by Crippen LogP contribution is -2.42. The van der Waals surface area contributed by atoms with Gasteiger partial charge < -0.3 is 14.2 Å². The van der Waals surface area contributed by atoms with Gasteiger partial charge in [-0.25, -0.2) is 4.39 Å². The standard InChI is InChI=1S/C20H22FN3O3/c1-25-14-5-3-13(4-6-14)20-12-24(7-8-27-20)18-11-22-23-17-10-16(21)19(26-2)9-15(17)18/h3-6,9-10,18,20H,7-8,11-12H2,1-2H3. The molecule has 6 nitrogen and oxygen atoms in total. The predicted molar refractivity (Wildman–Crippen MR) is 98.3 cm³/mol. The minimum Gasteiger partial charge on any atom is -0.497 e. The maximum atomic E-state index is 14.0. The van der Waals surface area contributed by atoms with Crippen LogP contribution in [-0.4, -0.2) is 45.4 Å². The average molecular weight is 371 g/mol. The van der Waals surface area contributed by atoms with E-state index in [1.165, 1.54) is 13.2 Å². The summed E-state index contributed by atoms with van der Waals surface area (Å²) < 4.78 is 30.4. The second-order valence-corrected chi connectivity index (χ2v) is 6.61. The van der Waals surface area contributed by atoms with E-state index in [2.05, 4.69) is 15.1 Å². The lowest BCUT2D eigenvalue weighted by Gasteiger charge is -2.39. The molecule has 1 saturated heterocycles. The van der Waals surface area contributed by atoms with E-state index in [1.54, 1.807) is 13.2 Å². The van der Waals surface area contributed by atoms with Crippen LogP contribution in [0.5, 0.6) is 11.5 Å². The first-order valence-electron chi connectivity index (χ1n) is 8.94. The fourth-order valence-corrected chi connectivity index (χ4v) is 3.65. The molecule has 0 N–H and O–H groups in total. The Morgan fingerprint density at radius 3 is 2.70 bits per heavy atom. The Balaban J connectivity index is 1.58. The average Bonchev–Trinajstić information content (AvgIpc) is 2.73. The van der Waals surface area contributed by atoms with Gasteiger partial charge in [0.25, 0.3) is 0 Å². The maximum Gasteiger partial charge on any atom is 0.167 e. The van der Waals surface area contributed by atoms with Crippen molar-refractivity contribution in [1.82, 2.24) is 4.90 Å². The number of fused-ring (bicyclic) bond motifs is 1. The van der Waals surface area contributed by atoms with Gasteiger partial charge >= 0.3 is 0 Å². The molecule has 0 radical (unpaired) electrons. The summed E-state index contributed by atoms with van der Waals surface area (Å²) in [6, 6.07) is 11.1. The Bertz CT molecular complexity index is 841. The summed E-state index contributed by atoms with van der Waals surface area (Å²) in [7, 11) is 3.12. The van der Waals surface area contributed by atoms with Crippen molar-refractivity contribution < 1.29 is 18.6 Å². The molecule has 2 heterocycles. The number of nitrogens with zero attached hydrogens (tertiary/aromatic N) is 3. The Labute approximate surface area is 157 Å². The van der Waals surface area contributed by atoms with Crippen LogP contribution in [-0.2, 0) is 4.74 Å². The number of hydrogen-bond donors (Lipinski definition) is 0. The highest BCUT2D eigenvalue weighted by atomic mass is 19.1. The zero-order chi connectivity index (χ0) is 18.8. The maximum absolute atomic E-state index is 14.0. The zero-order valence-corrected chi connectivity index (χ0v) is 15.4. The van der Waals surface area contributed by atoms with Gasteiger partial charge in [-0.1, -0.05) is 12.1 Å². The molecule has 0 aliphatic carbocycles. The van der Waals surface area contributed by atoms with Gasteiger partial charge in [-0.05, 0) is 23.8 Å². The van der Waals surface area contributed by atoms with Gasteiger partial charge in [-0.15, -0.1) is 0 Å². The summed E-state index contributed by atoms with van der Waals surface area (Å²) >= 11 is 0. The van der Waals surface area contributed by atoms with Crippen LogP contribution in [0.3, 0.4) is 0 Å². The van der Waals surface area contributed by atoms with Crippen LogP contribution in [0.2, 0.25) is 0 Å². The van der Waals surface area contributed by atoms with E-state index in [-0.39, 0.29) is 17.9 Å². The fourth-order valence-electron chi connectivity index (χ4n) is 3.65. The first-order valence-corrected chi connectivity index (χ1v) is 8.94. The molecule has 0 spiro atoms. The molecule has 2 atom stereocenters. The third-order valence-electron chi connectivity index (χ3n) is 5.12. The van der Waals surface area contributed by atoms with Crippen LogP contribution in [0.25, 0.3) is 0 Å². The summed E-state index contributed by atoms with van der Waals surface area (Å²) in [6.45, 7) is 2.67. The van der Waals surface area contributed by atoms with Gasteiger partial charge in [-0.3, -0.25) is 4.90 Å². The minimum atomic E-state index is -0.422. The van der Waals surface area contributed by atoms with Crippen LogP contribution in [0.15, 0.2) is 46.6 Å². The van der Waals surface area contributed by atoms with Crippen molar-refractivity contribution in [2.75, 3.05) is 40.5 Å². The van der Waals surface area contributed by atoms with Crippen molar-refractivity contribution in [2.45, 2.75) is 12.1 Å². The summed E-state index contributed by atoms with van der Waals surface area (Å²) in [5.74, 6) is 0.631. The molecular formula is C20H22FN3O3. The number of azo groups is 1. The van der Waals surface area contributed by atoms with Gasteiger partial charge in [0.1, 0.15) is 5.75 Å². The largest absolute Gasteiger partial charge is 0.497 e. The summed E-state index contributed by atoms with van der Waals surface area (Å²) in [5.41, 5.74) is 2.62. The molecule has 4 rings (SSSR count). The second-order valence-electron chi connectivity index (χ2n) is 6.61. The van der Waals surface area contributed by atoms with Crippen molar-refractivity contribution in [1.29, 1.82) is 0 Å². The number of hydrogen-bond acceptors (Lipinski definition) is 6. The molecule has 0 aromatic heterocycles. The molecule has 7 heteroatoms. The number of methoxy groups -OCH3 is 2. The number of morpholine rings is 1. The monoisotopic (exact) mass is 371 g/mol. The molecule has 2 aliphatic rings. The predicted octanol–water partition coefficient (Wildman–Crippen LogP) is 4.05. The van der Waals surface area contributed by atoms with E-state index in [0.29, 0.717) is 18.8 Å². The van der Waals surface area contributed by atoms with E-state index in [4.69, 9.17) is 14.2 Å². The van der Waals surface area contributed by atoms with Gasteiger partial charge in [0, 0.05) is 24.7 Å². The van der Waals surface area contributed by atoms with E-state index >= 15 is 0 Å². The molecule has 2 aromatic carbocycles. The molecule has 2 aromatic rings. The van der Waals surface area contributed by atoms with E-state index in [1.807, 2.05) is 24.3 Å². The number of ether oxygens (including phenoxy) is 3. The fraction of sp³-hybridized carbons (Fsp3) is 0.400. The Kier molecular flexibility index (Phi) is 5.05. The van der Waals surface area contributed by atoms with Crippen molar-refractivity contribution in [3.05, 3.63) is 53.3 Å². The highest BCUT2D eigenvalue weighted by Crippen LogP contribution is 2.39. The molecule has 1 fully saturated rings. The third kappa shape index (κ3) is 3.52. The smallest absolute Gasteiger partial charge is 0.167 e.